The van der Waals surface area contributed by atoms with Gasteiger partial charge in [-0.3, -0.25) is 0 Å². The Bertz CT molecular complexity index is 833. The summed E-state index contributed by atoms with van der Waals surface area (Å²) in [6, 6.07) is 15.8. The van der Waals surface area contributed by atoms with Gasteiger partial charge in [0.05, 0.1) is 0 Å². The van der Waals surface area contributed by atoms with Crippen molar-refractivity contribution >= 4 is 28.7 Å². The van der Waals surface area contributed by atoms with Crippen LogP contribution in [0.3, 0.4) is 0 Å². The Morgan fingerprint density at radius 3 is 2.76 bits per heavy atom. The minimum atomic E-state index is 0.382. The van der Waals surface area contributed by atoms with Crippen LogP contribution in [0.4, 0.5) is 11.4 Å². The first-order valence-electron chi connectivity index (χ1n) is 11.0. The number of nitrogens with zero attached hydrogens (tertiary/aromatic N) is 2. The van der Waals surface area contributed by atoms with E-state index in [4.69, 9.17) is 12.2 Å². The van der Waals surface area contributed by atoms with Crippen molar-refractivity contribution in [2.24, 2.45) is 0 Å². The Labute approximate surface area is 182 Å². The van der Waals surface area contributed by atoms with Crippen LogP contribution in [0.25, 0.3) is 0 Å². The molecule has 1 aliphatic heterocycles. The van der Waals surface area contributed by atoms with Crippen molar-refractivity contribution in [1.29, 1.82) is 0 Å². The van der Waals surface area contributed by atoms with E-state index in [9.17, 15) is 0 Å². The summed E-state index contributed by atoms with van der Waals surface area (Å²) in [5, 5.41) is 4.25. The third kappa shape index (κ3) is 5.51. The summed E-state index contributed by atoms with van der Waals surface area (Å²) in [5.41, 5.74) is 6.56. The van der Waals surface area contributed by atoms with Crippen LogP contribution in [0.5, 0.6) is 0 Å². The molecule has 1 heterocycles. The molecule has 156 valence electrons. The van der Waals surface area contributed by atoms with Crippen LogP contribution in [0.2, 0.25) is 0 Å². The standard InChI is InChI=1S/C25H35N3S/c1-5-14-27-15-8-10-22-17-21(12-13-24(22)27)18-28(20(4)6-2)25(29)26-23-11-7-9-19(3)16-23/h7,9,11-13,16-17,20H,5-6,8,10,14-15,18H2,1-4H3,(H,26,29)/t20-/m0/s1. The van der Waals surface area contributed by atoms with Gasteiger partial charge in [0.25, 0.3) is 0 Å². The van der Waals surface area contributed by atoms with E-state index >= 15 is 0 Å². The molecular formula is C25H35N3S. The first-order chi connectivity index (χ1) is 14.0. The van der Waals surface area contributed by atoms with Crippen molar-refractivity contribution in [2.45, 2.75) is 66.0 Å². The van der Waals surface area contributed by atoms with E-state index in [1.54, 1.807) is 0 Å². The topological polar surface area (TPSA) is 18.5 Å². The van der Waals surface area contributed by atoms with Crippen molar-refractivity contribution in [3.63, 3.8) is 0 Å². The summed E-state index contributed by atoms with van der Waals surface area (Å²) in [6.07, 6.45) is 4.68. The highest BCUT2D eigenvalue weighted by Crippen LogP contribution is 2.29. The maximum absolute atomic E-state index is 5.82. The molecular weight excluding hydrogens is 374 g/mol. The lowest BCUT2D eigenvalue weighted by Gasteiger charge is -2.33. The predicted octanol–water partition coefficient (Wildman–Crippen LogP) is 6.16. The van der Waals surface area contributed by atoms with Crippen molar-refractivity contribution in [3.8, 4) is 0 Å². The summed E-state index contributed by atoms with van der Waals surface area (Å²) in [6.45, 7) is 12.0. The molecule has 0 unspecified atom stereocenters. The van der Waals surface area contributed by atoms with Crippen LogP contribution in [-0.2, 0) is 13.0 Å². The molecule has 0 radical (unpaired) electrons. The van der Waals surface area contributed by atoms with Crippen LogP contribution in [0.15, 0.2) is 42.5 Å². The maximum Gasteiger partial charge on any atom is 0.173 e. The molecule has 1 aliphatic rings. The van der Waals surface area contributed by atoms with Gasteiger partial charge < -0.3 is 15.1 Å². The summed E-state index contributed by atoms with van der Waals surface area (Å²) in [7, 11) is 0. The monoisotopic (exact) mass is 409 g/mol. The van der Waals surface area contributed by atoms with Crippen molar-refractivity contribution in [3.05, 3.63) is 59.2 Å². The van der Waals surface area contributed by atoms with Crippen molar-refractivity contribution < 1.29 is 0 Å². The second kappa shape index (κ2) is 10.1. The average Bonchev–Trinajstić information content (AvgIpc) is 2.71. The number of thiocarbonyl (C=S) groups is 1. The Kier molecular flexibility index (Phi) is 7.54. The van der Waals surface area contributed by atoms with E-state index in [1.165, 1.54) is 48.2 Å². The van der Waals surface area contributed by atoms with Crippen LogP contribution in [-0.4, -0.2) is 29.1 Å². The zero-order valence-corrected chi connectivity index (χ0v) is 19.2. The van der Waals surface area contributed by atoms with Crippen LogP contribution in [0, 0.1) is 6.92 Å². The highest BCUT2D eigenvalue weighted by atomic mass is 32.1. The van der Waals surface area contributed by atoms with Gasteiger partial charge in [-0.15, -0.1) is 0 Å². The molecule has 0 aromatic heterocycles. The molecule has 4 heteroatoms. The molecule has 2 aromatic carbocycles. The lowest BCUT2D eigenvalue weighted by Crippen LogP contribution is -2.40. The number of anilines is 2. The van der Waals surface area contributed by atoms with Crippen molar-refractivity contribution in [1.82, 2.24) is 4.90 Å². The van der Waals surface area contributed by atoms with E-state index in [-0.39, 0.29) is 0 Å². The normalized spacial score (nSPS) is 14.3. The molecule has 1 atom stereocenters. The van der Waals surface area contributed by atoms with Gasteiger partial charge in [-0.1, -0.05) is 38.1 Å². The lowest BCUT2D eigenvalue weighted by atomic mass is 9.98. The number of aryl methyl sites for hydroxylation is 2. The quantitative estimate of drug-likeness (QED) is 0.552. The van der Waals surface area contributed by atoms with E-state index in [0.29, 0.717) is 6.04 Å². The maximum atomic E-state index is 5.82. The fourth-order valence-electron chi connectivity index (χ4n) is 4.09. The Hall–Kier alpha value is -2.07. The number of fused-ring (bicyclic) bond motifs is 1. The SMILES string of the molecule is CCCN1CCCc2cc(CN(C(=S)Nc3cccc(C)c3)[C@@H](C)CC)ccc21. The summed E-state index contributed by atoms with van der Waals surface area (Å²) in [5.74, 6) is 0. The van der Waals surface area contributed by atoms with E-state index in [1.807, 2.05) is 0 Å². The lowest BCUT2D eigenvalue weighted by molar-refractivity contribution is 0.319. The molecule has 0 saturated carbocycles. The first kappa shape index (κ1) is 21.6. The molecule has 29 heavy (non-hydrogen) atoms. The number of rotatable bonds is 7. The number of nitrogens with one attached hydrogen (secondary N) is 1. The third-order valence-electron chi connectivity index (χ3n) is 5.86. The van der Waals surface area contributed by atoms with Gasteiger partial charge in [0.1, 0.15) is 0 Å². The molecule has 0 saturated heterocycles. The Morgan fingerprint density at radius 1 is 1.21 bits per heavy atom. The number of benzene rings is 2. The van der Waals surface area contributed by atoms with Gasteiger partial charge in [0.15, 0.2) is 5.11 Å². The van der Waals surface area contributed by atoms with Crippen LogP contribution in [0.1, 0.15) is 56.7 Å². The molecule has 0 spiro atoms. The molecule has 3 nitrogen and oxygen atoms in total. The molecule has 0 bridgehead atoms. The van der Waals surface area contributed by atoms with E-state index in [2.05, 4.69) is 85.3 Å². The first-order valence-corrected chi connectivity index (χ1v) is 11.4. The predicted molar refractivity (Wildman–Crippen MR) is 130 cm³/mol. The highest BCUT2D eigenvalue weighted by molar-refractivity contribution is 7.80. The summed E-state index contributed by atoms with van der Waals surface area (Å²) >= 11 is 5.82. The fraction of sp³-hybridized carbons (Fsp3) is 0.480. The van der Waals surface area contributed by atoms with Gasteiger partial charge >= 0.3 is 0 Å². The van der Waals surface area contributed by atoms with Crippen LogP contribution < -0.4 is 10.2 Å². The van der Waals surface area contributed by atoms with Gasteiger partial charge in [-0.2, -0.15) is 0 Å². The zero-order valence-electron chi connectivity index (χ0n) is 18.4. The van der Waals surface area contributed by atoms with Crippen molar-refractivity contribution in [2.75, 3.05) is 23.3 Å². The largest absolute Gasteiger partial charge is 0.371 e. The molecule has 0 amide bonds. The van der Waals surface area contributed by atoms with E-state index < -0.39 is 0 Å². The Balaban J connectivity index is 1.77. The summed E-state index contributed by atoms with van der Waals surface area (Å²) < 4.78 is 0. The molecule has 2 aromatic rings. The van der Waals surface area contributed by atoms with E-state index in [0.717, 1.165) is 30.3 Å². The molecule has 1 N–H and O–H groups in total. The third-order valence-corrected chi connectivity index (χ3v) is 6.19. The van der Waals surface area contributed by atoms with Gasteiger partial charge in [0, 0.05) is 37.1 Å². The zero-order chi connectivity index (χ0) is 20.8. The second-order valence-electron chi connectivity index (χ2n) is 8.24. The van der Waals surface area contributed by atoms with Gasteiger partial charge in [-0.05, 0) is 86.6 Å². The number of hydrogen-bond donors (Lipinski definition) is 1. The minimum absolute atomic E-state index is 0.382. The molecule has 3 rings (SSSR count). The van der Waals surface area contributed by atoms with Gasteiger partial charge in [-0.25, -0.2) is 0 Å². The van der Waals surface area contributed by atoms with Gasteiger partial charge in [0.2, 0.25) is 0 Å². The molecule has 0 fully saturated rings. The summed E-state index contributed by atoms with van der Waals surface area (Å²) in [4.78, 5) is 4.87. The fourth-order valence-corrected chi connectivity index (χ4v) is 4.45. The highest BCUT2D eigenvalue weighted by Gasteiger charge is 2.20. The molecule has 0 aliphatic carbocycles. The second-order valence-corrected chi connectivity index (χ2v) is 8.63. The Morgan fingerprint density at radius 2 is 2.03 bits per heavy atom. The van der Waals surface area contributed by atoms with Crippen LogP contribution >= 0.6 is 12.2 Å². The number of hydrogen-bond acceptors (Lipinski definition) is 2. The average molecular weight is 410 g/mol. The minimum Gasteiger partial charge on any atom is -0.371 e. The smallest absolute Gasteiger partial charge is 0.173 e.